The SMILES string of the molecule is Cc1cc(Nc2cc(N3CCC3)nc(Sc3ccc(NC(=O)c4ccccc4Cl)nc3)n2)[nH]n1. The molecule has 11 heteroatoms. The van der Waals surface area contributed by atoms with Crippen molar-refractivity contribution in [3.05, 3.63) is 71.0 Å². The lowest BCUT2D eigenvalue weighted by molar-refractivity contribution is 0.102. The largest absolute Gasteiger partial charge is 0.356 e. The maximum absolute atomic E-state index is 12.5. The number of rotatable bonds is 7. The number of halogens is 1. The third-order valence-corrected chi connectivity index (χ3v) is 6.32. The molecule has 1 amide bonds. The smallest absolute Gasteiger partial charge is 0.258 e. The zero-order valence-corrected chi connectivity index (χ0v) is 19.8. The Bertz CT molecular complexity index is 1320. The van der Waals surface area contributed by atoms with E-state index in [1.54, 1.807) is 36.5 Å². The second-order valence-corrected chi connectivity index (χ2v) is 9.15. The summed E-state index contributed by atoms with van der Waals surface area (Å²) in [4.78, 5) is 29.2. The van der Waals surface area contributed by atoms with Crippen LogP contribution in [0.5, 0.6) is 0 Å². The number of nitrogens with zero attached hydrogens (tertiary/aromatic N) is 5. The number of benzene rings is 1. The molecule has 1 aliphatic rings. The van der Waals surface area contributed by atoms with Gasteiger partial charge in [0.15, 0.2) is 5.16 Å². The average Bonchev–Trinajstić information content (AvgIpc) is 3.18. The van der Waals surface area contributed by atoms with Gasteiger partial charge < -0.3 is 15.5 Å². The van der Waals surface area contributed by atoms with Crippen LogP contribution in [0, 0.1) is 6.92 Å². The molecule has 0 saturated carbocycles. The molecular formula is C23H21ClN8OS. The van der Waals surface area contributed by atoms with E-state index in [2.05, 4.69) is 35.7 Å². The topological polar surface area (TPSA) is 112 Å². The Morgan fingerprint density at radius 1 is 1.12 bits per heavy atom. The van der Waals surface area contributed by atoms with Gasteiger partial charge in [-0.1, -0.05) is 23.7 Å². The minimum absolute atomic E-state index is 0.311. The van der Waals surface area contributed by atoms with Crippen LogP contribution in [0.2, 0.25) is 5.02 Å². The molecule has 0 unspecified atom stereocenters. The van der Waals surface area contributed by atoms with E-state index in [0.29, 0.717) is 27.4 Å². The summed E-state index contributed by atoms with van der Waals surface area (Å²) in [5.41, 5.74) is 1.29. The number of amides is 1. The van der Waals surface area contributed by atoms with Crippen LogP contribution in [0.1, 0.15) is 22.5 Å². The highest BCUT2D eigenvalue weighted by molar-refractivity contribution is 7.99. The molecule has 0 atom stereocenters. The fourth-order valence-electron chi connectivity index (χ4n) is 3.30. The minimum Gasteiger partial charge on any atom is -0.356 e. The first kappa shape index (κ1) is 22.2. The van der Waals surface area contributed by atoms with Gasteiger partial charge in [-0.05, 0) is 49.4 Å². The second kappa shape index (κ2) is 9.70. The van der Waals surface area contributed by atoms with Crippen molar-refractivity contribution in [2.75, 3.05) is 28.6 Å². The Labute approximate surface area is 205 Å². The van der Waals surface area contributed by atoms with Gasteiger partial charge in [-0.25, -0.2) is 15.0 Å². The highest BCUT2D eigenvalue weighted by Gasteiger charge is 2.19. The number of H-pyrrole nitrogens is 1. The first-order valence-corrected chi connectivity index (χ1v) is 11.9. The Balaban J connectivity index is 1.31. The van der Waals surface area contributed by atoms with Crippen LogP contribution in [0.15, 0.2) is 64.8 Å². The van der Waals surface area contributed by atoms with Gasteiger partial charge in [0.2, 0.25) is 0 Å². The first-order chi connectivity index (χ1) is 16.5. The van der Waals surface area contributed by atoms with Crippen LogP contribution in [-0.2, 0) is 0 Å². The summed E-state index contributed by atoms with van der Waals surface area (Å²) in [7, 11) is 0. The third-order valence-electron chi connectivity index (χ3n) is 5.15. The molecule has 172 valence electrons. The summed E-state index contributed by atoms with van der Waals surface area (Å²) in [6, 6.07) is 14.3. The van der Waals surface area contributed by atoms with Crippen molar-refractivity contribution in [3.63, 3.8) is 0 Å². The van der Waals surface area contributed by atoms with Gasteiger partial charge in [-0.3, -0.25) is 9.89 Å². The summed E-state index contributed by atoms with van der Waals surface area (Å²) in [5.74, 6) is 2.44. The van der Waals surface area contributed by atoms with Crippen LogP contribution in [-0.4, -0.2) is 44.1 Å². The van der Waals surface area contributed by atoms with Crippen molar-refractivity contribution in [2.45, 2.75) is 23.4 Å². The van der Waals surface area contributed by atoms with Crippen molar-refractivity contribution in [2.24, 2.45) is 0 Å². The maximum Gasteiger partial charge on any atom is 0.258 e. The van der Waals surface area contributed by atoms with E-state index < -0.39 is 0 Å². The molecule has 0 bridgehead atoms. The van der Waals surface area contributed by atoms with Crippen molar-refractivity contribution < 1.29 is 4.79 Å². The number of pyridine rings is 1. The number of hydrogen-bond donors (Lipinski definition) is 3. The highest BCUT2D eigenvalue weighted by Crippen LogP contribution is 2.30. The molecule has 3 aromatic heterocycles. The van der Waals surface area contributed by atoms with E-state index in [1.807, 2.05) is 25.1 Å². The summed E-state index contributed by atoms with van der Waals surface area (Å²) in [6.45, 7) is 3.87. The van der Waals surface area contributed by atoms with E-state index in [9.17, 15) is 4.79 Å². The molecule has 1 aliphatic heterocycles. The summed E-state index contributed by atoms with van der Waals surface area (Å²) >= 11 is 7.50. The minimum atomic E-state index is -0.311. The third kappa shape index (κ3) is 5.13. The van der Waals surface area contributed by atoms with Gasteiger partial charge >= 0.3 is 0 Å². The monoisotopic (exact) mass is 492 g/mol. The van der Waals surface area contributed by atoms with Crippen LogP contribution >= 0.6 is 23.4 Å². The molecule has 1 saturated heterocycles. The summed E-state index contributed by atoms with van der Waals surface area (Å²) in [5, 5.41) is 14.1. The molecule has 34 heavy (non-hydrogen) atoms. The van der Waals surface area contributed by atoms with Crippen molar-refractivity contribution in [1.82, 2.24) is 25.1 Å². The molecule has 4 heterocycles. The quantitative estimate of drug-likeness (QED) is 0.312. The van der Waals surface area contributed by atoms with Crippen LogP contribution in [0.25, 0.3) is 0 Å². The number of aromatic nitrogens is 5. The van der Waals surface area contributed by atoms with Gasteiger partial charge in [-0.2, -0.15) is 5.10 Å². The number of carbonyl (C=O) groups is 1. The summed E-state index contributed by atoms with van der Waals surface area (Å²) < 4.78 is 0. The first-order valence-electron chi connectivity index (χ1n) is 10.7. The predicted molar refractivity (Wildman–Crippen MR) is 133 cm³/mol. The van der Waals surface area contributed by atoms with E-state index in [1.165, 1.54) is 11.8 Å². The van der Waals surface area contributed by atoms with Crippen molar-refractivity contribution in [1.29, 1.82) is 0 Å². The number of anilines is 4. The van der Waals surface area contributed by atoms with E-state index in [4.69, 9.17) is 16.6 Å². The lowest BCUT2D eigenvalue weighted by atomic mass is 10.2. The molecule has 0 radical (unpaired) electrons. The van der Waals surface area contributed by atoms with Crippen LogP contribution < -0.4 is 15.5 Å². The molecule has 0 spiro atoms. The molecular weight excluding hydrogens is 472 g/mol. The molecule has 5 rings (SSSR count). The molecule has 3 N–H and O–H groups in total. The maximum atomic E-state index is 12.5. The highest BCUT2D eigenvalue weighted by atomic mass is 35.5. The van der Waals surface area contributed by atoms with Gasteiger partial charge in [0.05, 0.1) is 16.3 Å². The van der Waals surface area contributed by atoms with Gasteiger partial charge in [0, 0.05) is 36.3 Å². The number of carbonyl (C=O) groups excluding carboxylic acids is 1. The molecule has 1 fully saturated rings. The lowest BCUT2D eigenvalue weighted by Gasteiger charge is -2.32. The Hall–Kier alpha value is -3.63. The molecule has 1 aromatic carbocycles. The molecule has 9 nitrogen and oxygen atoms in total. The van der Waals surface area contributed by atoms with Crippen molar-refractivity contribution in [3.8, 4) is 0 Å². The Kier molecular flexibility index (Phi) is 6.33. The van der Waals surface area contributed by atoms with Gasteiger partial charge in [0.25, 0.3) is 5.91 Å². The number of aryl methyl sites for hydroxylation is 1. The number of hydrogen-bond acceptors (Lipinski definition) is 8. The van der Waals surface area contributed by atoms with E-state index >= 15 is 0 Å². The van der Waals surface area contributed by atoms with Crippen LogP contribution in [0.3, 0.4) is 0 Å². The summed E-state index contributed by atoms with van der Waals surface area (Å²) in [6.07, 6.45) is 2.83. The van der Waals surface area contributed by atoms with Gasteiger partial charge in [0.1, 0.15) is 23.3 Å². The Morgan fingerprint density at radius 2 is 1.97 bits per heavy atom. The second-order valence-electron chi connectivity index (χ2n) is 7.70. The zero-order chi connectivity index (χ0) is 23.5. The van der Waals surface area contributed by atoms with Crippen molar-refractivity contribution >= 4 is 52.5 Å². The number of nitrogens with one attached hydrogen (secondary N) is 3. The fraction of sp³-hybridized carbons (Fsp3) is 0.174. The Morgan fingerprint density at radius 3 is 2.65 bits per heavy atom. The molecule has 0 aliphatic carbocycles. The van der Waals surface area contributed by atoms with E-state index in [0.717, 1.165) is 41.7 Å². The number of aromatic amines is 1. The van der Waals surface area contributed by atoms with Gasteiger partial charge in [-0.15, -0.1) is 0 Å². The molecule has 4 aromatic rings. The predicted octanol–water partition coefficient (Wildman–Crippen LogP) is 4.91. The standard InChI is InChI=1S/C23H21ClN8OS/c1-14-11-20(31-30-14)26-19-12-21(32-9-4-10-32)29-23(28-19)34-15-7-8-18(25-13-15)27-22(33)16-5-2-3-6-17(16)24/h2-3,5-8,11-13H,4,9-10H2,1H3,(H,25,27,33)(H2,26,28,29,30,31). The fourth-order valence-corrected chi connectivity index (χ4v) is 4.26. The average molecular weight is 493 g/mol. The lowest BCUT2D eigenvalue weighted by Crippen LogP contribution is -2.37. The normalized spacial score (nSPS) is 12.8. The zero-order valence-electron chi connectivity index (χ0n) is 18.2. The van der Waals surface area contributed by atoms with Crippen LogP contribution in [0.4, 0.5) is 23.3 Å². The van der Waals surface area contributed by atoms with E-state index in [-0.39, 0.29) is 5.91 Å².